The summed E-state index contributed by atoms with van der Waals surface area (Å²) in [5.74, 6) is -0.444. The van der Waals surface area contributed by atoms with Gasteiger partial charge in [0.1, 0.15) is 11.9 Å². The zero-order valence-electron chi connectivity index (χ0n) is 20.5. The number of hydrogen-bond acceptors (Lipinski definition) is 4. The minimum absolute atomic E-state index is 0.277. The topological polar surface area (TPSA) is 89.1 Å². The van der Waals surface area contributed by atoms with Crippen molar-refractivity contribution < 1.29 is 13.9 Å². The largest absolute Gasteiger partial charge is 0.479 e. The van der Waals surface area contributed by atoms with Gasteiger partial charge in [-0.25, -0.2) is 9.38 Å². The molecule has 0 aliphatic carbocycles. The van der Waals surface area contributed by atoms with E-state index in [-0.39, 0.29) is 11.7 Å². The molecule has 1 unspecified atom stereocenters. The maximum atomic E-state index is 13.9. The first kappa shape index (κ1) is 24.9. The van der Waals surface area contributed by atoms with E-state index in [1.54, 1.807) is 25.1 Å². The van der Waals surface area contributed by atoms with E-state index >= 15 is 0 Å². The van der Waals surface area contributed by atoms with Gasteiger partial charge in [-0.1, -0.05) is 48.0 Å². The van der Waals surface area contributed by atoms with Gasteiger partial charge in [-0.2, -0.15) is 4.99 Å². The fourth-order valence-electron chi connectivity index (χ4n) is 4.27. The Hall–Kier alpha value is -4.26. The second-order valence-corrected chi connectivity index (χ2v) is 8.60. The lowest BCUT2D eigenvalue weighted by atomic mass is 9.80. The van der Waals surface area contributed by atoms with Crippen LogP contribution in [0.3, 0.4) is 0 Å². The summed E-state index contributed by atoms with van der Waals surface area (Å²) in [6, 6.07) is 22.2. The lowest BCUT2D eigenvalue weighted by molar-refractivity contribution is 0.0938. The Morgan fingerprint density at radius 2 is 1.81 bits per heavy atom. The third kappa shape index (κ3) is 5.51. The maximum Gasteiger partial charge on any atom is 0.251 e. The molecule has 1 aliphatic heterocycles. The van der Waals surface area contributed by atoms with Crippen molar-refractivity contribution >= 4 is 23.3 Å². The van der Waals surface area contributed by atoms with Gasteiger partial charge in [0.25, 0.3) is 5.91 Å². The van der Waals surface area contributed by atoms with Gasteiger partial charge in [-0.15, -0.1) is 0 Å². The number of aliphatic imine (C=N–C) groups is 2. The first-order valence-electron chi connectivity index (χ1n) is 11.8. The molecule has 0 fully saturated rings. The van der Waals surface area contributed by atoms with Crippen LogP contribution in [0.4, 0.5) is 10.1 Å². The fourth-order valence-corrected chi connectivity index (χ4v) is 4.27. The van der Waals surface area contributed by atoms with Crippen LogP contribution in [-0.4, -0.2) is 30.3 Å². The van der Waals surface area contributed by atoms with Crippen LogP contribution in [0.5, 0.6) is 0 Å². The van der Waals surface area contributed by atoms with Crippen molar-refractivity contribution in [3.05, 3.63) is 113 Å². The van der Waals surface area contributed by atoms with E-state index in [1.165, 1.54) is 12.1 Å². The molecule has 36 heavy (non-hydrogen) atoms. The lowest BCUT2D eigenvalue weighted by Crippen LogP contribution is -2.50. The average Bonchev–Trinajstić information content (AvgIpc) is 2.86. The molecule has 1 heterocycles. The quantitative estimate of drug-likeness (QED) is 0.506. The molecule has 1 aliphatic rings. The zero-order valence-corrected chi connectivity index (χ0v) is 20.5. The molecule has 0 radical (unpaired) electrons. The third-order valence-corrected chi connectivity index (χ3v) is 5.87. The van der Waals surface area contributed by atoms with Crippen LogP contribution >= 0.6 is 0 Å². The number of nitrogens with two attached hydrogens (primary N) is 1. The predicted octanol–water partition coefficient (Wildman–Crippen LogP) is 5.43. The smallest absolute Gasteiger partial charge is 0.251 e. The molecule has 2 atom stereocenters. The third-order valence-electron chi connectivity index (χ3n) is 5.87. The molecule has 3 N–H and O–H groups in total. The van der Waals surface area contributed by atoms with Gasteiger partial charge in [0.05, 0.1) is 12.3 Å². The highest BCUT2D eigenvalue weighted by molar-refractivity contribution is 6.13. The van der Waals surface area contributed by atoms with Crippen molar-refractivity contribution in [2.45, 2.75) is 32.7 Å². The van der Waals surface area contributed by atoms with E-state index < -0.39 is 12.0 Å². The number of nitrogens with one attached hydrogen (secondary N) is 1. The first-order valence-corrected chi connectivity index (χ1v) is 11.8. The molecule has 0 aromatic heterocycles. The molecule has 6 nitrogen and oxygen atoms in total. The molecular formula is C29H29FN4O2. The summed E-state index contributed by atoms with van der Waals surface area (Å²) in [6.45, 7) is 5.89. The van der Waals surface area contributed by atoms with Gasteiger partial charge in [-0.3, -0.25) is 4.79 Å². The van der Waals surface area contributed by atoms with E-state index in [0.717, 1.165) is 11.1 Å². The summed E-state index contributed by atoms with van der Waals surface area (Å²) in [7, 11) is 0. The van der Waals surface area contributed by atoms with Crippen LogP contribution in [0.25, 0.3) is 0 Å². The number of aryl methyl sites for hydroxylation is 1. The number of benzene rings is 3. The Labute approximate surface area is 210 Å². The lowest BCUT2D eigenvalue weighted by Gasteiger charge is -2.35. The molecule has 0 saturated carbocycles. The second-order valence-electron chi connectivity index (χ2n) is 8.60. The number of nitrogens with zero attached hydrogens (tertiary/aromatic N) is 2. The van der Waals surface area contributed by atoms with Crippen LogP contribution in [-0.2, 0) is 4.74 Å². The highest BCUT2D eigenvalue weighted by Crippen LogP contribution is 2.36. The molecule has 0 bridgehead atoms. The van der Waals surface area contributed by atoms with Crippen molar-refractivity contribution in [2.75, 3.05) is 6.61 Å². The van der Waals surface area contributed by atoms with E-state index in [4.69, 9.17) is 20.5 Å². The highest BCUT2D eigenvalue weighted by Gasteiger charge is 2.40. The van der Waals surface area contributed by atoms with Crippen LogP contribution in [0.15, 0.2) is 100 Å². The summed E-state index contributed by atoms with van der Waals surface area (Å²) in [5.41, 5.74) is 10.5. The summed E-state index contributed by atoms with van der Waals surface area (Å²) < 4.78 is 19.8. The molecule has 7 heteroatoms. The molecule has 1 amide bonds. The SMILES string of the molecule is CCOC1=NC(=Nc2ccccc2)C(=C(C)N)C(c2ccc(F)cc2)[C@@H]1NC(=O)c1cccc(C)c1. The van der Waals surface area contributed by atoms with E-state index in [0.29, 0.717) is 40.9 Å². The maximum absolute atomic E-state index is 13.9. The standard InChI is InChI=1S/C29H29FN4O2/c1-4-36-29-26(33-28(35)21-10-8-9-18(2)17-21)25(20-13-15-22(30)16-14-20)24(19(3)31)27(34-29)32-23-11-6-5-7-12-23/h5-17,25-26H,4,31H2,1-3H3,(H,33,35)/t25?,26-/m0/s1. The molecule has 0 saturated heterocycles. The van der Waals surface area contributed by atoms with Gasteiger partial charge in [0, 0.05) is 22.8 Å². The molecule has 4 rings (SSSR count). The molecule has 3 aromatic rings. The number of para-hydroxylation sites is 1. The minimum Gasteiger partial charge on any atom is -0.479 e. The second kappa shape index (κ2) is 11.0. The van der Waals surface area contributed by atoms with Crippen molar-refractivity contribution in [2.24, 2.45) is 15.7 Å². The van der Waals surface area contributed by atoms with Crippen molar-refractivity contribution in [1.82, 2.24) is 5.32 Å². The van der Waals surface area contributed by atoms with Crippen LogP contribution in [0.2, 0.25) is 0 Å². The molecule has 0 spiro atoms. The normalized spacial score (nSPS) is 20.0. The summed E-state index contributed by atoms with van der Waals surface area (Å²) >= 11 is 0. The summed E-state index contributed by atoms with van der Waals surface area (Å²) in [4.78, 5) is 22.8. The van der Waals surface area contributed by atoms with Crippen molar-refractivity contribution in [3.8, 4) is 0 Å². The number of carbonyl (C=O) groups excluding carboxylic acids is 1. The average molecular weight is 485 g/mol. The van der Waals surface area contributed by atoms with E-state index in [2.05, 4.69) is 5.32 Å². The first-order chi connectivity index (χ1) is 17.4. The van der Waals surface area contributed by atoms with Gasteiger partial charge in [-0.05, 0) is 62.7 Å². The monoisotopic (exact) mass is 484 g/mol. The molecule has 184 valence electrons. The fraction of sp³-hybridized carbons (Fsp3) is 0.207. The Balaban J connectivity index is 1.89. The Morgan fingerprint density at radius 3 is 2.44 bits per heavy atom. The van der Waals surface area contributed by atoms with Gasteiger partial charge in [0.15, 0.2) is 5.84 Å². The Bertz CT molecular complexity index is 1330. The van der Waals surface area contributed by atoms with Crippen LogP contribution in [0.1, 0.15) is 41.3 Å². The number of halogens is 1. The van der Waals surface area contributed by atoms with Gasteiger partial charge in [0.2, 0.25) is 5.90 Å². The van der Waals surface area contributed by atoms with E-state index in [9.17, 15) is 9.18 Å². The number of carbonyl (C=O) groups is 1. The summed E-state index contributed by atoms with van der Waals surface area (Å²) in [6.07, 6.45) is 0. The van der Waals surface area contributed by atoms with Gasteiger partial charge < -0.3 is 15.8 Å². The highest BCUT2D eigenvalue weighted by atomic mass is 19.1. The molecular weight excluding hydrogens is 455 g/mol. The number of rotatable bonds is 5. The van der Waals surface area contributed by atoms with Crippen molar-refractivity contribution in [1.29, 1.82) is 0 Å². The number of amides is 1. The number of ether oxygens (including phenoxy) is 1. The Kier molecular flexibility index (Phi) is 7.59. The number of allylic oxidation sites excluding steroid dienone is 1. The van der Waals surface area contributed by atoms with Crippen molar-refractivity contribution in [3.63, 3.8) is 0 Å². The predicted molar refractivity (Wildman–Crippen MR) is 141 cm³/mol. The number of amidine groups is 1. The Morgan fingerprint density at radius 1 is 1.08 bits per heavy atom. The zero-order chi connectivity index (χ0) is 25.7. The van der Waals surface area contributed by atoms with Crippen LogP contribution in [0, 0.1) is 12.7 Å². The van der Waals surface area contributed by atoms with Gasteiger partial charge >= 0.3 is 0 Å². The summed E-state index contributed by atoms with van der Waals surface area (Å²) in [5, 5.41) is 3.10. The molecule has 3 aromatic carbocycles. The minimum atomic E-state index is -0.688. The number of hydrogen-bond donors (Lipinski definition) is 2. The van der Waals surface area contributed by atoms with E-state index in [1.807, 2.05) is 62.4 Å². The van der Waals surface area contributed by atoms with Crippen LogP contribution < -0.4 is 11.1 Å².